The number of hydrogen-bond donors (Lipinski definition) is 0. The summed E-state index contributed by atoms with van der Waals surface area (Å²) in [7, 11) is 0. The molecule has 1 unspecified atom stereocenters. The Bertz CT molecular complexity index is 472. The van der Waals surface area contributed by atoms with Crippen LogP contribution < -0.4 is 4.90 Å². The van der Waals surface area contributed by atoms with Crippen LogP contribution in [0.3, 0.4) is 0 Å². The Morgan fingerprint density at radius 1 is 1.25 bits per heavy atom. The summed E-state index contributed by atoms with van der Waals surface area (Å²) >= 11 is 1.29. The third-order valence-electron chi connectivity index (χ3n) is 3.08. The largest absolute Gasteiger partial charge is 0.300 e. The maximum atomic E-state index is 12.0. The summed E-state index contributed by atoms with van der Waals surface area (Å²) in [6.45, 7) is 0. The molecular formula is C12H11NO2S. The molecule has 0 saturated carbocycles. The fraction of sp³-hybridized carbons (Fsp3) is 0.333. The van der Waals surface area contributed by atoms with Crippen LogP contribution in [-0.2, 0) is 16.0 Å². The van der Waals surface area contributed by atoms with E-state index < -0.39 is 0 Å². The number of carbonyl (C=O) groups excluding carboxylic acids is 2. The van der Waals surface area contributed by atoms with Gasteiger partial charge in [-0.2, -0.15) is 0 Å². The third kappa shape index (κ3) is 1.37. The number of amides is 1. The van der Waals surface area contributed by atoms with Crippen LogP contribution in [0.2, 0.25) is 0 Å². The summed E-state index contributed by atoms with van der Waals surface area (Å²) in [5.41, 5.74) is 2.03. The summed E-state index contributed by atoms with van der Waals surface area (Å²) in [5, 5.41) is 0.127. The fourth-order valence-corrected chi connectivity index (χ4v) is 3.20. The topological polar surface area (TPSA) is 37.4 Å². The van der Waals surface area contributed by atoms with E-state index in [0.717, 1.165) is 11.3 Å². The minimum atomic E-state index is -0.266. The van der Waals surface area contributed by atoms with Gasteiger partial charge in [-0.1, -0.05) is 30.0 Å². The summed E-state index contributed by atoms with van der Waals surface area (Å²) in [6, 6.07) is 7.52. The molecule has 2 aliphatic rings. The van der Waals surface area contributed by atoms with Gasteiger partial charge in [-0.15, -0.1) is 0 Å². The molecule has 1 amide bonds. The molecule has 3 nitrogen and oxygen atoms in total. The zero-order valence-corrected chi connectivity index (χ0v) is 9.50. The number of fused-ring (bicyclic) bond motifs is 3. The van der Waals surface area contributed by atoms with E-state index in [0.29, 0.717) is 18.6 Å². The Morgan fingerprint density at radius 3 is 2.94 bits per heavy atom. The lowest BCUT2D eigenvalue weighted by Gasteiger charge is -2.21. The quantitative estimate of drug-likeness (QED) is 0.683. The number of para-hydroxylation sites is 1. The van der Waals surface area contributed by atoms with E-state index in [1.165, 1.54) is 11.8 Å². The average molecular weight is 233 g/mol. The Hall–Kier alpha value is -1.29. The highest BCUT2D eigenvalue weighted by atomic mass is 32.2. The second kappa shape index (κ2) is 3.63. The molecule has 0 bridgehead atoms. The molecule has 3 rings (SSSR count). The first-order chi connectivity index (χ1) is 7.77. The second-order valence-corrected chi connectivity index (χ2v) is 5.13. The lowest BCUT2D eigenvalue weighted by Crippen LogP contribution is -2.40. The molecule has 16 heavy (non-hydrogen) atoms. The van der Waals surface area contributed by atoms with Crippen LogP contribution in [0.5, 0.6) is 0 Å². The maximum absolute atomic E-state index is 12.0. The van der Waals surface area contributed by atoms with Crippen LogP contribution >= 0.6 is 11.8 Å². The molecular weight excluding hydrogens is 222 g/mol. The number of nitrogens with zero attached hydrogens (tertiary/aromatic N) is 1. The first kappa shape index (κ1) is 9.90. The zero-order chi connectivity index (χ0) is 11.1. The van der Waals surface area contributed by atoms with Crippen molar-refractivity contribution in [2.45, 2.75) is 18.9 Å². The molecule has 82 valence electrons. The Kier molecular flexibility index (Phi) is 2.24. The lowest BCUT2D eigenvalue weighted by atomic mass is 10.1. The van der Waals surface area contributed by atoms with Crippen molar-refractivity contribution in [3.63, 3.8) is 0 Å². The van der Waals surface area contributed by atoms with Gasteiger partial charge >= 0.3 is 0 Å². The number of thioether (sulfide) groups is 1. The van der Waals surface area contributed by atoms with Crippen molar-refractivity contribution < 1.29 is 9.59 Å². The van der Waals surface area contributed by atoms with Gasteiger partial charge in [0.2, 0.25) is 11.0 Å². The Morgan fingerprint density at radius 2 is 2.06 bits per heavy atom. The van der Waals surface area contributed by atoms with E-state index in [-0.39, 0.29) is 17.1 Å². The monoisotopic (exact) mass is 233 g/mol. The summed E-state index contributed by atoms with van der Waals surface area (Å²) in [6.07, 6.45) is 1.13. The predicted octanol–water partition coefficient (Wildman–Crippen LogP) is 1.61. The molecule has 1 saturated heterocycles. The highest BCUT2D eigenvalue weighted by Crippen LogP contribution is 2.36. The van der Waals surface area contributed by atoms with Gasteiger partial charge in [-0.3, -0.25) is 9.59 Å². The summed E-state index contributed by atoms with van der Waals surface area (Å²) in [4.78, 5) is 25.5. The molecule has 2 heterocycles. The minimum Gasteiger partial charge on any atom is -0.300 e. The van der Waals surface area contributed by atoms with Crippen molar-refractivity contribution in [3.05, 3.63) is 29.8 Å². The Balaban J connectivity index is 2.09. The molecule has 2 aliphatic heterocycles. The molecule has 0 aliphatic carbocycles. The molecule has 0 radical (unpaired) electrons. The van der Waals surface area contributed by atoms with Crippen molar-refractivity contribution in [2.24, 2.45) is 0 Å². The molecule has 1 atom stereocenters. The van der Waals surface area contributed by atoms with Crippen molar-refractivity contribution >= 4 is 28.5 Å². The standard InChI is InChI=1S/C12H11NO2S/c14-11-5-6-16-12(15)10-7-8-3-1-2-4-9(8)13(10)11/h1-4,10H,5-7H2. The summed E-state index contributed by atoms with van der Waals surface area (Å²) in [5.74, 6) is 0.695. The second-order valence-electron chi connectivity index (χ2n) is 4.03. The molecule has 0 spiro atoms. The van der Waals surface area contributed by atoms with Gasteiger partial charge < -0.3 is 4.90 Å². The van der Waals surface area contributed by atoms with E-state index in [9.17, 15) is 9.59 Å². The molecule has 0 aromatic heterocycles. The van der Waals surface area contributed by atoms with Crippen molar-refractivity contribution in [3.8, 4) is 0 Å². The third-order valence-corrected chi connectivity index (χ3v) is 4.04. The van der Waals surface area contributed by atoms with Gasteiger partial charge in [-0.25, -0.2) is 0 Å². The average Bonchev–Trinajstić information content (AvgIpc) is 2.61. The van der Waals surface area contributed by atoms with Crippen LogP contribution in [0.25, 0.3) is 0 Å². The first-order valence-electron chi connectivity index (χ1n) is 5.34. The van der Waals surface area contributed by atoms with Crippen LogP contribution in [0.15, 0.2) is 24.3 Å². The number of hydrogen-bond acceptors (Lipinski definition) is 3. The van der Waals surface area contributed by atoms with Crippen molar-refractivity contribution in [2.75, 3.05) is 10.7 Å². The maximum Gasteiger partial charge on any atom is 0.228 e. The number of anilines is 1. The summed E-state index contributed by atoms with van der Waals surface area (Å²) < 4.78 is 0. The molecule has 1 aromatic carbocycles. The number of carbonyl (C=O) groups is 2. The fourth-order valence-electron chi connectivity index (χ4n) is 2.34. The normalized spacial score (nSPS) is 24.0. The van der Waals surface area contributed by atoms with Crippen LogP contribution in [0, 0.1) is 0 Å². The van der Waals surface area contributed by atoms with Gasteiger partial charge in [0.15, 0.2) is 0 Å². The van der Waals surface area contributed by atoms with E-state index in [4.69, 9.17) is 0 Å². The van der Waals surface area contributed by atoms with E-state index in [1.807, 2.05) is 24.3 Å². The molecule has 1 aromatic rings. The number of rotatable bonds is 0. The van der Waals surface area contributed by atoms with Crippen LogP contribution in [0.1, 0.15) is 12.0 Å². The van der Waals surface area contributed by atoms with Crippen LogP contribution in [-0.4, -0.2) is 22.8 Å². The van der Waals surface area contributed by atoms with E-state index >= 15 is 0 Å². The van der Waals surface area contributed by atoms with Gasteiger partial charge in [0.05, 0.1) is 0 Å². The lowest BCUT2D eigenvalue weighted by molar-refractivity contribution is -0.120. The Labute approximate surface area is 97.8 Å². The van der Waals surface area contributed by atoms with Gasteiger partial charge in [0.25, 0.3) is 0 Å². The van der Waals surface area contributed by atoms with E-state index in [2.05, 4.69) is 0 Å². The molecule has 1 fully saturated rings. The molecule has 4 heteroatoms. The minimum absolute atomic E-state index is 0.0771. The highest BCUT2D eigenvalue weighted by molar-refractivity contribution is 8.13. The zero-order valence-electron chi connectivity index (χ0n) is 8.68. The van der Waals surface area contributed by atoms with Crippen molar-refractivity contribution in [1.29, 1.82) is 0 Å². The smallest absolute Gasteiger partial charge is 0.228 e. The first-order valence-corrected chi connectivity index (χ1v) is 6.32. The van der Waals surface area contributed by atoms with Crippen LogP contribution in [0.4, 0.5) is 5.69 Å². The molecule has 0 N–H and O–H groups in total. The SMILES string of the molecule is O=C1SCCC(=O)N2c3ccccc3CC12. The van der Waals surface area contributed by atoms with E-state index in [1.54, 1.807) is 4.90 Å². The van der Waals surface area contributed by atoms with Gasteiger partial charge in [0.1, 0.15) is 6.04 Å². The predicted molar refractivity (Wildman–Crippen MR) is 63.5 cm³/mol. The van der Waals surface area contributed by atoms with Gasteiger partial charge in [-0.05, 0) is 11.6 Å². The van der Waals surface area contributed by atoms with Gasteiger partial charge in [0, 0.05) is 24.3 Å². The highest BCUT2D eigenvalue weighted by Gasteiger charge is 2.39. The number of benzene rings is 1. The van der Waals surface area contributed by atoms with Crippen molar-refractivity contribution in [1.82, 2.24) is 0 Å².